The number of carbonyl (C=O) groups is 2. The first-order valence-corrected chi connectivity index (χ1v) is 14.0. The lowest BCUT2D eigenvalue weighted by Crippen LogP contribution is -2.31. The largest absolute Gasteiger partial charge is 0.573 e. The molecule has 2 heterocycles. The van der Waals surface area contributed by atoms with E-state index in [1.165, 1.54) is 46.4 Å². The van der Waals surface area contributed by atoms with Gasteiger partial charge in [0.2, 0.25) is 5.91 Å². The second-order valence-electron chi connectivity index (χ2n) is 9.56. The summed E-state index contributed by atoms with van der Waals surface area (Å²) < 4.78 is 42.5. The van der Waals surface area contributed by atoms with Crippen molar-refractivity contribution >= 4 is 46.3 Å². The molecule has 5 rings (SSSR count). The Balaban J connectivity index is 1.22. The van der Waals surface area contributed by atoms with Crippen LogP contribution in [0.1, 0.15) is 23.6 Å². The van der Waals surface area contributed by atoms with Crippen LogP contribution in [0.2, 0.25) is 0 Å². The van der Waals surface area contributed by atoms with E-state index in [0.29, 0.717) is 28.3 Å². The summed E-state index contributed by atoms with van der Waals surface area (Å²) in [6.45, 7) is 7.75. The standard InChI is InChI=1S/C30H24F3N7O3S/c1-18(2)24-13-4-19(3)14-25(24)40-26(41)16-44-29(40)36-28(42)37-35-15-20-5-7-21(8-6-20)27-34-17-39(38-27)22-9-11-23(12-10-22)43-30(31,32)33/h4-15,17H,1,16H2,2-3H3,(H,37,42)/b35-15+,36-29?. The highest BCUT2D eigenvalue weighted by Gasteiger charge is 2.32. The van der Waals surface area contributed by atoms with E-state index in [1.807, 2.05) is 32.0 Å². The van der Waals surface area contributed by atoms with E-state index in [2.05, 4.69) is 36.9 Å². The number of hydrazone groups is 1. The lowest BCUT2D eigenvalue weighted by molar-refractivity contribution is -0.274. The molecule has 0 atom stereocenters. The van der Waals surface area contributed by atoms with E-state index >= 15 is 0 Å². The molecule has 0 saturated carbocycles. The fraction of sp³-hybridized carbons (Fsp3) is 0.133. The molecule has 10 nitrogen and oxygen atoms in total. The molecule has 1 fully saturated rings. The monoisotopic (exact) mass is 619 g/mol. The second-order valence-corrected chi connectivity index (χ2v) is 10.5. The maximum atomic E-state index is 12.7. The third-order valence-electron chi connectivity index (χ3n) is 6.19. The van der Waals surface area contributed by atoms with E-state index in [-0.39, 0.29) is 22.6 Å². The predicted octanol–water partition coefficient (Wildman–Crippen LogP) is 6.35. The molecule has 0 aliphatic carbocycles. The van der Waals surface area contributed by atoms with Crippen LogP contribution in [0.5, 0.6) is 5.75 Å². The number of nitrogens with zero attached hydrogens (tertiary/aromatic N) is 6. The number of urea groups is 1. The number of alkyl halides is 3. The number of thioether (sulfide) groups is 1. The first kappa shape index (κ1) is 30.2. The Kier molecular flexibility index (Phi) is 8.62. The molecule has 224 valence electrons. The number of hydrogen-bond donors (Lipinski definition) is 1. The van der Waals surface area contributed by atoms with Crippen molar-refractivity contribution in [3.8, 4) is 22.8 Å². The van der Waals surface area contributed by atoms with E-state index in [9.17, 15) is 22.8 Å². The average Bonchev–Trinajstić information content (AvgIpc) is 3.60. The van der Waals surface area contributed by atoms with Crippen molar-refractivity contribution in [2.75, 3.05) is 10.7 Å². The molecule has 1 aliphatic rings. The van der Waals surface area contributed by atoms with E-state index in [0.717, 1.165) is 28.5 Å². The number of allylic oxidation sites excluding steroid dienone is 1. The summed E-state index contributed by atoms with van der Waals surface area (Å²) in [7, 11) is 0. The molecule has 3 amide bonds. The second kappa shape index (κ2) is 12.6. The normalized spacial score (nSPS) is 14.4. The van der Waals surface area contributed by atoms with Crippen LogP contribution in [-0.4, -0.2) is 50.2 Å². The molecular weight excluding hydrogens is 595 g/mol. The van der Waals surface area contributed by atoms with Crippen LogP contribution in [0.25, 0.3) is 22.6 Å². The van der Waals surface area contributed by atoms with Crippen LogP contribution in [-0.2, 0) is 4.79 Å². The summed E-state index contributed by atoms with van der Waals surface area (Å²) in [5.74, 6) is 0.0222. The quantitative estimate of drug-likeness (QED) is 0.190. The number of aliphatic imine (C=N–C) groups is 1. The highest BCUT2D eigenvalue weighted by Crippen LogP contribution is 2.33. The Bertz CT molecular complexity index is 1780. The average molecular weight is 620 g/mol. The number of benzene rings is 3. The first-order valence-electron chi connectivity index (χ1n) is 13.0. The van der Waals surface area contributed by atoms with Crippen LogP contribution in [0, 0.1) is 6.92 Å². The third-order valence-corrected chi connectivity index (χ3v) is 7.11. The fourth-order valence-electron chi connectivity index (χ4n) is 4.18. The molecule has 44 heavy (non-hydrogen) atoms. The van der Waals surface area contributed by atoms with Crippen molar-refractivity contribution in [2.24, 2.45) is 10.1 Å². The summed E-state index contributed by atoms with van der Waals surface area (Å²) in [5.41, 5.74) is 7.34. The number of aryl methyl sites for hydroxylation is 1. The number of rotatable bonds is 7. The van der Waals surface area contributed by atoms with Crippen LogP contribution in [0.4, 0.5) is 23.7 Å². The lowest BCUT2D eigenvalue weighted by atomic mass is 10.0. The number of hydrogen-bond acceptors (Lipinski definition) is 7. The van der Waals surface area contributed by atoms with Crippen molar-refractivity contribution in [1.82, 2.24) is 20.2 Å². The smallest absolute Gasteiger partial charge is 0.406 e. The lowest BCUT2D eigenvalue weighted by Gasteiger charge is -2.20. The van der Waals surface area contributed by atoms with Crippen molar-refractivity contribution in [1.29, 1.82) is 0 Å². The molecule has 1 aromatic heterocycles. The van der Waals surface area contributed by atoms with Crippen LogP contribution in [0.15, 0.2) is 89.7 Å². The zero-order valence-electron chi connectivity index (χ0n) is 23.4. The summed E-state index contributed by atoms with van der Waals surface area (Å²) in [6.07, 6.45) is -1.89. The van der Waals surface area contributed by atoms with Gasteiger partial charge in [-0.1, -0.05) is 54.7 Å². The highest BCUT2D eigenvalue weighted by molar-refractivity contribution is 8.15. The van der Waals surface area contributed by atoms with Gasteiger partial charge in [-0.15, -0.1) is 18.3 Å². The summed E-state index contributed by atoms with van der Waals surface area (Å²) in [5, 5.41) is 8.58. The van der Waals surface area contributed by atoms with Gasteiger partial charge in [0.25, 0.3) is 0 Å². The zero-order valence-corrected chi connectivity index (χ0v) is 24.2. The van der Waals surface area contributed by atoms with Gasteiger partial charge in [-0.2, -0.15) is 10.1 Å². The number of amides is 3. The van der Waals surface area contributed by atoms with Crippen LogP contribution in [0.3, 0.4) is 0 Å². The number of amidine groups is 1. The number of anilines is 1. The summed E-state index contributed by atoms with van der Waals surface area (Å²) in [4.78, 5) is 35.0. The van der Waals surface area contributed by atoms with Crippen molar-refractivity contribution in [2.45, 2.75) is 20.2 Å². The number of ether oxygens (including phenoxy) is 1. The maximum absolute atomic E-state index is 12.7. The van der Waals surface area contributed by atoms with Crippen molar-refractivity contribution in [3.05, 3.63) is 96.3 Å². The fourth-order valence-corrected chi connectivity index (χ4v) is 5.04. The Labute approximate surface area is 254 Å². The van der Waals surface area contributed by atoms with Gasteiger partial charge >= 0.3 is 12.4 Å². The Morgan fingerprint density at radius 3 is 2.52 bits per heavy atom. The third kappa shape index (κ3) is 7.21. The van der Waals surface area contributed by atoms with E-state index in [4.69, 9.17) is 0 Å². The molecule has 1 N–H and O–H groups in total. The number of aromatic nitrogens is 3. The molecule has 0 unspecified atom stereocenters. The van der Waals surface area contributed by atoms with Gasteiger partial charge in [0, 0.05) is 11.1 Å². The van der Waals surface area contributed by atoms with Gasteiger partial charge in [-0.3, -0.25) is 9.69 Å². The SMILES string of the molecule is C=C(C)c1ccc(C)cc1N1C(=O)CSC1=NC(=O)N/N=C/c1ccc(-c2ncn(-c3ccc(OC(F)(F)F)cc3)n2)cc1. The summed E-state index contributed by atoms with van der Waals surface area (Å²) >= 11 is 1.16. The number of nitrogens with one attached hydrogen (secondary N) is 1. The minimum Gasteiger partial charge on any atom is -0.406 e. The highest BCUT2D eigenvalue weighted by atomic mass is 32.2. The van der Waals surface area contributed by atoms with Gasteiger partial charge in [-0.05, 0) is 60.9 Å². The number of carbonyl (C=O) groups excluding carboxylic acids is 2. The van der Waals surface area contributed by atoms with E-state index in [1.54, 1.807) is 24.3 Å². The van der Waals surface area contributed by atoms with Crippen LogP contribution >= 0.6 is 11.8 Å². The minimum absolute atomic E-state index is 0.154. The minimum atomic E-state index is -4.77. The molecule has 14 heteroatoms. The molecule has 3 aromatic carbocycles. The summed E-state index contributed by atoms with van der Waals surface area (Å²) in [6, 6.07) is 17.2. The van der Waals surface area contributed by atoms with Gasteiger partial charge < -0.3 is 4.74 Å². The Hall–Kier alpha value is -5.24. The topological polar surface area (TPSA) is 114 Å². The molecule has 0 spiro atoms. The Morgan fingerprint density at radius 2 is 1.84 bits per heavy atom. The zero-order chi connectivity index (χ0) is 31.4. The molecule has 0 radical (unpaired) electrons. The van der Waals surface area contributed by atoms with Gasteiger partial charge in [-0.25, -0.2) is 19.9 Å². The van der Waals surface area contributed by atoms with Gasteiger partial charge in [0.1, 0.15) is 12.1 Å². The molecule has 1 saturated heterocycles. The molecule has 0 bridgehead atoms. The van der Waals surface area contributed by atoms with Crippen molar-refractivity contribution < 1.29 is 27.5 Å². The first-order chi connectivity index (χ1) is 21.0. The van der Waals surface area contributed by atoms with Crippen LogP contribution < -0.4 is 15.1 Å². The molecule has 4 aromatic rings. The number of halogens is 3. The maximum Gasteiger partial charge on any atom is 0.573 e. The van der Waals surface area contributed by atoms with Gasteiger partial charge in [0.15, 0.2) is 11.0 Å². The van der Waals surface area contributed by atoms with Crippen molar-refractivity contribution in [3.63, 3.8) is 0 Å². The Morgan fingerprint density at radius 1 is 1.11 bits per heavy atom. The predicted molar refractivity (Wildman–Crippen MR) is 163 cm³/mol. The molecule has 1 aliphatic heterocycles. The van der Waals surface area contributed by atoms with Gasteiger partial charge in [0.05, 0.1) is 23.3 Å². The molecular formula is C30H24F3N7O3S. The van der Waals surface area contributed by atoms with E-state index < -0.39 is 12.4 Å².